The fourth-order valence-corrected chi connectivity index (χ4v) is 1.25. The van der Waals surface area contributed by atoms with Crippen molar-refractivity contribution in [3.05, 3.63) is 11.5 Å². The van der Waals surface area contributed by atoms with Crippen molar-refractivity contribution >= 4 is 5.97 Å². The van der Waals surface area contributed by atoms with Crippen molar-refractivity contribution in [3.63, 3.8) is 0 Å². The van der Waals surface area contributed by atoms with Crippen LogP contribution in [0.1, 0.15) is 20.8 Å². The van der Waals surface area contributed by atoms with E-state index in [2.05, 4.69) is 0 Å². The van der Waals surface area contributed by atoms with Crippen LogP contribution in [0.25, 0.3) is 0 Å². The molecule has 1 aliphatic rings. The zero-order valence-corrected chi connectivity index (χ0v) is 10.1. The molecule has 0 saturated carbocycles. The molecule has 17 heavy (non-hydrogen) atoms. The Labute approximate surface area is 99.5 Å². The van der Waals surface area contributed by atoms with Gasteiger partial charge in [-0.05, 0) is 5.41 Å². The monoisotopic (exact) mass is 246 g/mol. The van der Waals surface area contributed by atoms with E-state index in [4.69, 9.17) is 14.6 Å². The van der Waals surface area contributed by atoms with Crippen molar-refractivity contribution in [2.24, 2.45) is 5.41 Å². The van der Waals surface area contributed by atoms with Crippen LogP contribution in [0, 0.1) is 5.41 Å². The molecule has 0 aromatic rings. The maximum Gasteiger partial charge on any atom is 0.378 e. The van der Waals surface area contributed by atoms with Gasteiger partial charge in [-0.25, -0.2) is 4.79 Å². The van der Waals surface area contributed by atoms with Gasteiger partial charge in [-0.2, -0.15) is 0 Å². The molecule has 0 amide bonds. The van der Waals surface area contributed by atoms with Crippen LogP contribution in [0.15, 0.2) is 11.5 Å². The highest BCUT2D eigenvalue weighted by atomic mass is 16.6. The highest BCUT2D eigenvalue weighted by Crippen LogP contribution is 2.27. The molecule has 0 spiro atoms. The topological polar surface area (TPSA) is 96.2 Å². The lowest BCUT2D eigenvalue weighted by Gasteiger charge is -2.23. The average Bonchev–Trinajstić information content (AvgIpc) is 2.51. The predicted molar refractivity (Wildman–Crippen MR) is 58.0 cm³/mol. The molecular weight excluding hydrogens is 228 g/mol. The van der Waals surface area contributed by atoms with Crippen LogP contribution in [0.2, 0.25) is 0 Å². The fourth-order valence-electron chi connectivity index (χ4n) is 1.25. The predicted octanol–water partition coefficient (Wildman–Crippen LogP) is 0.0973. The minimum atomic E-state index is -1.31. The van der Waals surface area contributed by atoms with Crippen LogP contribution in [0.4, 0.5) is 0 Å². The Morgan fingerprint density at radius 2 is 2.06 bits per heavy atom. The molecule has 0 bridgehead atoms. The third-order valence-corrected chi connectivity index (χ3v) is 2.12. The Hall–Kier alpha value is -1.27. The van der Waals surface area contributed by atoms with Crippen molar-refractivity contribution in [2.75, 3.05) is 13.2 Å². The summed E-state index contributed by atoms with van der Waals surface area (Å²) in [4.78, 5) is 11.1. The highest BCUT2D eigenvalue weighted by Gasteiger charge is 2.40. The zero-order valence-electron chi connectivity index (χ0n) is 10.1. The minimum absolute atomic E-state index is 0.119. The second kappa shape index (κ2) is 4.93. The molecule has 98 valence electrons. The first-order valence-electron chi connectivity index (χ1n) is 5.32. The van der Waals surface area contributed by atoms with E-state index < -0.39 is 30.5 Å². The van der Waals surface area contributed by atoms with Crippen LogP contribution < -0.4 is 0 Å². The van der Waals surface area contributed by atoms with E-state index >= 15 is 0 Å². The molecule has 1 aliphatic heterocycles. The number of carbonyl (C=O) groups is 1. The number of esters is 1. The molecule has 0 radical (unpaired) electrons. The minimum Gasteiger partial charge on any atom is -0.499 e. The van der Waals surface area contributed by atoms with E-state index in [1.165, 1.54) is 0 Å². The molecule has 1 heterocycles. The number of rotatable bonds is 4. The van der Waals surface area contributed by atoms with Gasteiger partial charge >= 0.3 is 5.97 Å². The van der Waals surface area contributed by atoms with Gasteiger partial charge in [-0.1, -0.05) is 20.8 Å². The van der Waals surface area contributed by atoms with Crippen LogP contribution in [0.3, 0.4) is 0 Å². The molecule has 0 saturated heterocycles. The molecule has 2 atom stereocenters. The summed E-state index contributed by atoms with van der Waals surface area (Å²) < 4.78 is 10.0. The third-order valence-electron chi connectivity index (χ3n) is 2.12. The molecule has 2 unspecified atom stereocenters. The normalized spacial score (nSPS) is 22.6. The average molecular weight is 246 g/mol. The number of hydrogen-bond acceptors (Lipinski definition) is 6. The molecule has 1 rings (SSSR count). The van der Waals surface area contributed by atoms with Crippen LogP contribution in [-0.4, -0.2) is 46.7 Å². The van der Waals surface area contributed by atoms with Gasteiger partial charge < -0.3 is 24.8 Å². The van der Waals surface area contributed by atoms with Gasteiger partial charge in [0.15, 0.2) is 11.9 Å². The zero-order chi connectivity index (χ0) is 13.2. The van der Waals surface area contributed by atoms with E-state index in [1.807, 2.05) is 20.8 Å². The lowest BCUT2D eigenvalue weighted by molar-refractivity contribution is -0.148. The quantitative estimate of drug-likeness (QED) is 0.609. The number of carbonyl (C=O) groups excluding carboxylic acids is 1. The van der Waals surface area contributed by atoms with Gasteiger partial charge in [-0.3, -0.25) is 0 Å². The summed E-state index contributed by atoms with van der Waals surface area (Å²) in [5.74, 6) is -1.72. The smallest absolute Gasteiger partial charge is 0.378 e. The van der Waals surface area contributed by atoms with Crippen molar-refractivity contribution in [1.29, 1.82) is 0 Å². The van der Waals surface area contributed by atoms with Crippen molar-refractivity contribution in [2.45, 2.75) is 33.0 Å². The number of aliphatic hydroxyl groups excluding tert-OH is 3. The van der Waals surface area contributed by atoms with Gasteiger partial charge in [0.2, 0.25) is 5.76 Å². The molecule has 0 aliphatic carbocycles. The highest BCUT2D eigenvalue weighted by molar-refractivity contribution is 5.89. The van der Waals surface area contributed by atoms with Crippen molar-refractivity contribution < 1.29 is 29.6 Å². The summed E-state index contributed by atoms with van der Waals surface area (Å²) in [5.41, 5.74) is -0.173. The summed E-state index contributed by atoms with van der Waals surface area (Å²) in [6, 6.07) is 0. The number of hydrogen-bond donors (Lipinski definition) is 3. The van der Waals surface area contributed by atoms with Crippen molar-refractivity contribution in [3.8, 4) is 0 Å². The first kappa shape index (κ1) is 13.8. The number of ether oxygens (including phenoxy) is 2. The molecule has 3 N–H and O–H groups in total. The number of cyclic esters (lactones) is 1. The van der Waals surface area contributed by atoms with Crippen LogP contribution in [-0.2, 0) is 14.3 Å². The van der Waals surface area contributed by atoms with Gasteiger partial charge in [0.25, 0.3) is 0 Å². The third kappa shape index (κ3) is 3.34. The standard InChI is InChI=1S/C11H18O6/c1-11(2,3)5-16-9-7(14)10(15)17-8(9)6(13)4-12/h6,8,12-14H,4-5H2,1-3H3. The van der Waals surface area contributed by atoms with E-state index in [0.29, 0.717) is 0 Å². The van der Waals surface area contributed by atoms with E-state index in [9.17, 15) is 15.0 Å². The maximum atomic E-state index is 11.1. The summed E-state index contributed by atoms with van der Waals surface area (Å²) in [6.07, 6.45) is -2.45. The molecule has 0 aromatic heterocycles. The molecule has 6 heteroatoms. The van der Waals surface area contributed by atoms with Gasteiger partial charge in [-0.15, -0.1) is 0 Å². The number of aliphatic hydroxyl groups is 3. The lowest BCUT2D eigenvalue weighted by Crippen LogP contribution is -2.33. The molecule has 0 fully saturated rings. The fraction of sp³-hybridized carbons (Fsp3) is 0.727. The first-order chi connectivity index (χ1) is 7.76. The Morgan fingerprint density at radius 1 is 1.47 bits per heavy atom. The Morgan fingerprint density at radius 3 is 2.53 bits per heavy atom. The summed E-state index contributed by atoms with van der Waals surface area (Å²) in [6.45, 7) is 5.41. The first-order valence-corrected chi connectivity index (χ1v) is 5.32. The SMILES string of the molecule is CC(C)(C)COC1=C(O)C(=O)OC1C(O)CO. The molecule has 6 nitrogen and oxygen atoms in total. The molecule has 0 aromatic carbocycles. The Kier molecular flexibility index (Phi) is 4.00. The Balaban J connectivity index is 2.79. The van der Waals surface area contributed by atoms with Gasteiger partial charge in [0.05, 0.1) is 13.2 Å². The van der Waals surface area contributed by atoms with Crippen LogP contribution in [0.5, 0.6) is 0 Å². The molecular formula is C11H18O6. The van der Waals surface area contributed by atoms with Gasteiger partial charge in [0.1, 0.15) is 6.10 Å². The summed E-state index contributed by atoms with van der Waals surface area (Å²) >= 11 is 0. The second-order valence-corrected chi connectivity index (χ2v) is 5.14. The van der Waals surface area contributed by atoms with Gasteiger partial charge in [0, 0.05) is 0 Å². The van der Waals surface area contributed by atoms with E-state index in [0.717, 1.165) is 0 Å². The lowest BCUT2D eigenvalue weighted by atomic mass is 9.98. The van der Waals surface area contributed by atoms with E-state index in [1.54, 1.807) is 0 Å². The second-order valence-electron chi connectivity index (χ2n) is 5.14. The summed E-state index contributed by atoms with van der Waals surface area (Å²) in [5, 5.41) is 27.7. The van der Waals surface area contributed by atoms with Crippen molar-refractivity contribution in [1.82, 2.24) is 0 Å². The Bertz CT molecular complexity index is 327. The van der Waals surface area contributed by atoms with Crippen LogP contribution >= 0.6 is 0 Å². The maximum absolute atomic E-state index is 11.1. The summed E-state index contributed by atoms with van der Waals surface area (Å²) in [7, 11) is 0. The largest absolute Gasteiger partial charge is 0.499 e. The van der Waals surface area contributed by atoms with E-state index in [-0.39, 0.29) is 17.8 Å².